The molecule has 0 aliphatic heterocycles. The number of quaternary nitrogens is 1. The van der Waals surface area contributed by atoms with E-state index in [1.807, 2.05) is 0 Å². The lowest BCUT2D eigenvalue weighted by atomic mass is 10.1. The smallest absolute Gasteiger partial charge is 0.169 e. The van der Waals surface area contributed by atoms with Crippen LogP contribution in [0.25, 0.3) is 12.2 Å². The molecule has 0 fully saturated rings. The number of pyridine rings is 1. The van der Waals surface area contributed by atoms with Gasteiger partial charge in [0.05, 0.1) is 27.7 Å². The number of hydrogen-bond acceptors (Lipinski definition) is 1. The second-order valence-electron chi connectivity index (χ2n) is 7.91. The largest absolute Gasteiger partial charge is 1.00 e. The van der Waals surface area contributed by atoms with Crippen molar-refractivity contribution in [1.29, 1.82) is 0 Å². The Morgan fingerprint density at radius 1 is 0.815 bits per heavy atom. The number of nitrogens with zero attached hydrogens (tertiary/aromatic N) is 3. The first kappa shape index (κ1) is 26.3. The lowest BCUT2D eigenvalue weighted by molar-refractivity contribution is -0.870. The SMILES string of the molecule is CN(C)c1ccc(/C=C/c2cc[n+](CCCC[N+](C)(C)C)cc2)cc1.[I-].[I-]. The van der Waals surface area contributed by atoms with Crippen LogP contribution in [0, 0.1) is 0 Å². The van der Waals surface area contributed by atoms with Crippen LogP contribution < -0.4 is 57.4 Å². The molecule has 3 nitrogen and oxygen atoms in total. The molecule has 2 rings (SSSR count). The summed E-state index contributed by atoms with van der Waals surface area (Å²) >= 11 is 0. The molecule has 0 N–H and O–H groups in total. The van der Waals surface area contributed by atoms with E-state index in [2.05, 4.69) is 106 Å². The van der Waals surface area contributed by atoms with E-state index in [-0.39, 0.29) is 48.0 Å². The van der Waals surface area contributed by atoms with Gasteiger partial charge in [-0.1, -0.05) is 24.3 Å². The predicted molar refractivity (Wildman–Crippen MR) is 108 cm³/mol. The summed E-state index contributed by atoms with van der Waals surface area (Å²) < 4.78 is 3.32. The van der Waals surface area contributed by atoms with E-state index in [4.69, 9.17) is 0 Å². The molecule has 0 aliphatic carbocycles. The molecule has 0 unspecified atom stereocenters. The van der Waals surface area contributed by atoms with Crippen LogP contribution in [0.4, 0.5) is 5.69 Å². The van der Waals surface area contributed by atoms with E-state index in [9.17, 15) is 0 Å². The minimum Gasteiger partial charge on any atom is -1.00 e. The van der Waals surface area contributed by atoms with Gasteiger partial charge in [0.25, 0.3) is 0 Å². The van der Waals surface area contributed by atoms with Crippen molar-refractivity contribution in [3.8, 4) is 0 Å². The molecule has 1 aromatic carbocycles. The number of aryl methyl sites for hydroxylation is 1. The Kier molecular flexibility index (Phi) is 12.4. The number of benzene rings is 1. The van der Waals surface area contributed by atoms with Crippen molar-refractivity contribution in [2.45, 2.75) is 19.4 Å². The van der Waals surface area contributed by atoms with Gasteiger partial charge in [-0.3, -0.25) is 0 Å². The quantitative estimate of drug-likeness (QED) is 0.145. The Hall–Kier alpha value is -0.670. The van der Waals surface area contributed by atoms with E-state index < -0.39 is 0 Å². The number of anilines is 1. The van der Waals surface area contributed by atoms with Crippen LogP contribution in [0.2, 0.25) is 0 Å². The molecule has 1 heterocycles. The van der Waals surface area contributed by atoms with Gasteiger partial charge in [0.1, 0.15) is 6.54 Å². The highest BCUT2D eigenvalue weighted by Gasteiger charge is 2.07. The highest BCUT2D eigenvalue weighted by Crippen LogP contribution is 2.14. The van der Waals surface area contributed by atoms with Crippen molar-refractivity contribution in [2.24, 2.45) is 0 Å². The zero-order valence-electron chi connectivity index (χ0n) is 17.2. The monoisotopic (exact) mass is 593 g/mol. The highest BCUT2D eigenvalue weighted by atomic mass is 127. The molecule has 150 valence electrons. The molecule has 0 bridgehead atoms. The first-order chi connectivity index (χ1) is 11.8. The Bertz CT molecular complexity index is 672. The van der Waals surface area contributed by atoms with Gasteiger partial charge >= 0.3 is 0 Å². The van der Waals surface area contributed by atoms with Crippen LogP contribution in [0.5, 0.6) is 0 Å². The predicted octanol–water partition coefficient (Wildman–Crippen LogP) is -2.30. The summed E-state index contributed by atoms with van der Waals surface area (Å²) in [6.45, 7) is 2.32. The maximum absolute atomic E-state index is 2.28. The van der Waals surface area contributed by atoms with Gasteiger partial charge < -0.3 is 57.3 Å². The molecule has 0 aliphatic rings. The normalized spacial score (nSPS) is 11.0. The molecule has 0 radical (unpaired) electrons. The summed E-state index contributed by atoms with van der Waals surface area (Å²) in [6, 6.07) is 13.0. The average Bonchev–Trinajstić information content (AvgIpc) is 2.57. The first-order valence-corrected chi connectivity index (χ1v) is 9.08. The van der Waals surface area contributed by atoms with E-state index in [0.29, 0.717) is 0 Å². The van der Waals surface area contributed by atoms with Crippen molar-refractivity contribution in [1.82, 2.24) is 0 Å². The van der Waals surface area contributed by atoms with Crippen molar-refractivity contribution in [3.05, 3.63) is 59.9 Å². The van der Waals surface area contributed by atoms with Gasteiger partial charge in [0.2, 0.25) is 0 Å². The lowest BCUT2D eigenvalue weighted by Crippen LogP contribution is -3.00. The van der Waals surface area contributed by atoms with E-state index in [0.717, 1.165) is 11.0 Å². The summed E-state index contributed by atoms with van der Waals surface area (Å²) in [5, 5.41) is 0. The summed E-state index contributed by atoms with van der Waals surface area (Å²) in [7, 11) is 10.9. The Balaban J connectivity index is 0.00000338. The molecular weight excluding hydrogens is 560 g/mol. The minimum absolute atomic E-state index is 0. The maximum atomic E-state index is 2.28. The van der Waals surface area contributed by atoms with E-state index in [1.54, 1.807) is 0 Å². The van der Waals surface area contributed by atoms with Crippen LogP contribution in [0.15, 0.2) is 48.8 Å². The third-order valence-corrected chi connectivity index (χ3v) is 4.29. The van der Waals surface area contributed by atoms with E-state index >= 15 is 0 Å². The Morgan fingerprint density at radius 2 is 1.33 bits per heavy atom. The fourth-order valence-electron chi connectivity index (χ4n) is 2.69. The molecule has 1 aromatic heterocycles. The third kappa shape index (κ3) is 10.4. The van der Waals surface area contributed by atoms with Crippen LogP contribution >= 0.6 is 0 Å². The van der Waals surface area contributed by atoms with Crippen LogP contribution in [-0.4, -0.2) is 46.3 Å². The number of rotatable bonds is 8. The topological polar surface area (TPSA) is 7.12 Å². The van der Waals surface area contributed by atoms with Gasteiger partial charge in [-0.05, 0) is 23.3 Å². The van der Waals surface area contributed by atoms with Crippen molar-refractivity contribution in [2.75, 3.05) is 46.7 Å². The van der Waals surface area contributed by atoms with Crippen LogP contribution in [0.3, 0.4) is 0 Å². The number of hydrogen-bond donors (Lipinski definition) is 0. The molecule has 0 saturated heterocycles. The van der Waals surface area contributed by atoms with Crippen LogP contribution in [0.1, 0.15) is 24.0 Å². The van der Waals surface area contributed by atoms with Crippen molar-refractivity contribution < 1.29 is 57.0 Å². The zero-order valence-corrected chi connectivity index (χ0v) is 21.5. The maximum Gasteiger partial charge on any atom is 0.169 e. The second kappa shape index (κ2) is 12.7. The summed E-state index contributed by atoms with van der Waals surface area (Å²) in [6.07, 6.45) is 11.2. The summed E-state index contributed by atoms with van der Waals surface area (Å²) in [5.41, 5.74) is 3.69. The standard InChI is InChI=1S/C22H33N3.2HI/c1-23(2)22-12-10-20(11-13-22)8-9-21-14-17-24(18-15-21)16-6-7-19-25(3,4)5;;/h8-15,17-18H,6-7,16,19H2,1-5H3;2*1H/q+2;;/p-2. The fourth-order valence-corrected chi connectivity index (χ4v) is 2.69. The summed E-state index contributed by atoms with van der Waals surface area (Å²) in [5.74, 6) is 0. The lowest BCUT2D eigenvalue weighted by Gasteiger charge is -2.23. The molecule has 5 heteroatoms. The second-order valence-corrected chi connectivity index (χ2v) is 7.91. The number of aromatic nitrogens is 1. The molecule has 0 spiro atoms. The van der Waals surface area contributed by atoms with Crippen LogP contribution in [-0.2, 0) is 6.54 Å². The minimum atomic E-state index is 0. The highest BCUT2D eigenvalue weighted by molar-refractivity contribution is 5.70. The Labute approximate surface area is 199 Å². The Morgan fingerprint density at radius 3 is 1.81 bits per heavy atom. The summed E-state index contributed by atoms with van der Waals surface area (Å²) in [4.78, 5) is 2.12. The zero-order chi connectivity index (χ0) is 18.3. The molecular formula is C22H33I2N3. The molecule has 0 saturated carbocycles. The van der Waals surface area contributed by atoms with Crippen molar-refractivity contribution >= 4 is 17.8 Å². The van der Waals surface area contributed by atoms with Gasteiger partial charge in [-0.25, -0.2) is 4.57 Å². The molecule has 2 aromatic rings. The van der Waals surface area contributed by atoms with Gasteiger partial charge in [-0.2, -0.15) is 0 Å². The van der Waals surface area contributed by atoms with Crippen molar-refractivity contribution in [3.63, 3.8) is 0 Å². The number of unbranched alkanes of at least 4 members (excludes halogenated alkanes) is 1. The van der Waals surface area contributed by atoms with Gasteiger partial charge in [0, 0.05) is 44.8 Å². The number of halogens is 2. The average molecular weight is 593 g/mol. The molecule has 0 amide bonds. The first-order valence-electron chi connectivity index (χ1n) is 9.08. The van der Waals surface area contributed by atoms with E-state index in [1.165, 1.54) is 36.2 Å². The molecule has 0 atom stereocenters. The fraction of sp³-hybridized carbons (Fsp3) is 0.409. The van der Waals surface area contributed by atoms with Gasteiger partial charge in [0.15, 0.2) is 12.4 Å². The third-order valence-electron chi connectivity index (χ3n) is 4.29. The molecule has 27 heavy (non-hydrogen) atoms. The van der Waals surface area contributed by atoms with Gasteiger partial charge in [-0.15, -0.1) is 0 Å².